The molecule has 2 heteroatoms. The number of alkyl halides is 1. The summed E-state index contributed by atoms with van der Waals surface area (Å²) >= 11 is 2.46. The Morgan fingerprint density at radius 2 is 2.00 bits per heavy atom. The van der Waals surface area contributed by atoms with Gasteiger partial charge in [0.1, 0.15) is 0 Å². The second-order valence-electron chi connectivity index (χ2n) is 2.02. The molecule has 0 radical (unpaired) electrons. The summed E-state index contributed by atoms with van der Waals surface area (Å²) in [5.41, 5.74) is 0. The quantitative estimate of drug-likeness (QED) is 0.447. The molecule has 0 aromatic rings. The molecule has 1 rings (SSSR count). The Bertz CT molecular complexity index is 54.6. The highest BCUT2D eigenvalue weighted by Crippen LogP contribution is 2.21. The third kappa shape index (κ3) is 0.846. The van der Waals surface area contributed by atoms with E-state index >= 15 is 0 Å². The van der Waals surface area contributed by atoms with Gasteiger partial charge in [0.2, 0.25) is 0 Å². The van der Waals surface area contributed by atoms with E-state index in [2.05, 4.69) is 34.8 Å². The summed E-state index contributed by atoms with van der Waals surface area (Å²) < 4.78 is 0.581. The molecule has 1 aliphatic heterocycles. The Hall–Kier alpha value is 0.690. The molecule has 36 valence electrons. The predicted octanol–water partition coefficient (Wildman–Crippen LogP) is 0.783. The Balaban J connectivity index is 2.31. The lowest BCUT2D eigenvalue weighted by Gasteiger charge is -2.33. The molecular weight excluding hydrogens is 189 g/mol. The van der Waals surface area contributed by atoms with E-state index in [1.807, 2.05) is 0 Å². The van der Waals surface area contributed by atoms with Crippen LogP contribution < -0.4 is 5.32 Å². The fourth-order valence-electron chi connectivity index (χ4n) is 0.469. The fraction of sp³-hybridized carbons (Fsp3) is 1.00. The summed E-state index contributed by atoms with van der Waals surface area (Å²) in [4.78, 5) is 0. The lowest BCUT2D eigenvalue weighted by atomic mass is 10.1. The second-order valence-corrected chi connectivity index (χ2v) is 4.62. The lowest BCUT2D eigenvalue weighted by molar-refractivity contribution is 0.443. The highest BCUT2D eigenvalue weighted by atomic mass is 127. The van der Waals surface area contributed by atoms with Crippen molar-refractivity contribution >= 4 is 22.6 Å². The van der Waals surface area contributed by atoms with Crippen molar-refractivity contribution in [2.24, 2.45) is 0 Å². The number of hydrogen-bond acceptors (Lipinski definition) is 1. The van der Waals surface area contributed by atoms with Crippen molar-refractivity contribution in [2.75, 3.05) is 13.1 Å². The van der Waals surface area contributed by atoms with Crippen molar-refractivity contribution in [3.8, 4) is 0 Å². The van der Waals surface area contributed by atoms with Gasteiger partial charge in [0, 0.05) is 16.5 Å². The van der Waals surface area contributed by atoms with E-state index in [9.17, 15) is 0 Å². The van der Waals surface area contributed by atoms with Crippen LogP contribution in [0.4, 0.5) is 0 Å². The maximum absolute atomic E-state index is 3.19. The van der Waals surface area contributed by atoms with Crippen molar-refractivity contribution in [3.63, 3.8) is 0 Å². The van der Waals surface area contributed by atoms with Gasteiger partial charge in [0.25, 0.3) is 0 Å². The molecule has 0 spiro atoms. The topological polar surface area (TPSA) is 12.0 Å². The first kappa shape index (κ1) is 4.84. The van der Waals surface area contributed by atoms with E-state index in [0.29, 0.717) is 3.42 Å². The zero-order valence-corrected chi connectivity index (χ0v) is 5.95. The van der Waals surface area contributed by atoms with Gasteiger partial charge in [-0.15, -0.1) is 0 Å². The van der Waals surface area contributed by atoms with Crippen LogP contribution in [-0.4, -0.2) is 16.5 Å². The molecule has 0 aromatic heterocycles. The van der Waals surface area contributed by atoms with Gasteiger partial charge in [0.15, 0.2) is 0 Å². The van der Waals surface area contributed by atoms with Gasteiger partial charge in [-0.25, -0.2) is 0 Å². The molecule has 0 aromatic carbocycles. The van der Waals surface area contributed by atoms with Gasteiger partial charge in [-0.3, -0.25) is 0 Å². The van der Waals surface area contributed by atoms with Crippen LogP contribution in [0.25, 0.3) is 0 Å². The fourth-order valence-corrected chi connectivity index (χ4v) is 1.01. The largest absolute Gasteiger partial charge is 0.314 e. The maximum atomic E-state index is 3.19. The monoisotopic (exact) mass is 197 g/mol. The van der Waals surface area contributed by atoms with E-state index in [-0.39, 0.29) is 0 Å². The van der Waals surface area contributed by atoms with Crippen LogP contribution in [0.3, 0.4) is 0 Å². The SMILES string of the molecule is CC1(I)CNC1. The molecule has 0 atom stereocenters. The molecule has 1 N–H and O–H groups in total. The zero-order valence-electron chi connectivity index (χ0n) is 3.79. The lowest BCUT2D eigenvalue weighted by Crippen LogP contribution is -2.52. The summed E-state index contributed by atoms with van der Waals surface area (Å²) in [6.45, 7) is 4.63. The van der Waals surface area contributed by atoms with Gasteiger partial charge < -0.3 is 5.32 Å². The van der Waals surface area contributed by atoms with Gasteiger partial charge in [-0.05, 0) is 6.92 Å². The average molecular weight is 197 g/mol. The van der Waals surface area contributed by atoms with E-state index in [1.54, 1.807) is 0 Å². The van der Waals surface area contributed by atoms with Crippen LogP contribution in [-0.2, 0) is 0 Å². The van der Waals surface area contributed by atoms with E-state index < -0.39 is 0 Å². The Kier molecular flexibility index (Phi) is 1.08. The minimum absolute atomic E-state index is 0.581. The minimum atomic E-state index is 0.581. The highest BCUT2D eigenvalue weighted by molar-refractivity contribution is 14.1. The smallest absolute Gasteiger partial charge is 0.0442 e. The first-order valence-corrected chi connectivity index (χ1v) is 3.18. The first-order chi connectivity index (χ1) is 2.71. The van der Waals surface area contributed by atoms with Crippen molar-refractivity contribution in [3.05, 3.63) is 0 Å². The van der Waals surface area contributed by atoms with E-state index in [0.717, 1.165) is 0 Å². The second kappa shape index (κ2) is 1.33. The Labute approximate surface area is 51.6 Å². The molecule has 1 aliphatic rings. The normalized spacial score (nSPS) is 29.0. The third-order valence-corrected chi connectivity index (χ3v) is 1.75. The Morgan fingerprint density at radius 3 is 2.00 bits per heavy atom. The molecule has 6 heavy (non-hydrogen) atoms. The summed E-state index contributed by atoms with van der Waals surface area (Å²) in [6, 6.07) is 0. The molecule has 1 fully saturated rings. The van der Waals surface area contributed by atoms with Gasteiger partial charge >= 0.3 is 0 Å². The Morgan fingerprint density at radius 1 is 1.67 bits per heavy atom. The summed E-state index contributed by atoms with van der Waals surface area (Å²) in [6.07, 6.45) is 0. The van der Waals surface area contributed by atoms with E-state index in [4.69, 9.17) is 0 Å². The van der Waals surface area contributed by atoms with Gasteiger partial charge in [0.05, 0.1) is 0 Å². The van der Waals surface area contributed by atoms with Crippen molar-refractivity contribution in [1.29, 1.82) is 0 Å². The van der Waals surface area contributed by atoms with Crippen LogP contribution >= 0.6 is 22.6 Å². The molecule has 0 amide bonds. The number of hydrogen-bond donors (Lipinski definition) is 1. The van der Waals surface area contributed by atoms with E-state index in [1.165, 1.54) is 13.1 Å². The average Bonchev–Trinajstić information content (AvgIpc) is 1.32. The van der Waals surface area contributed by atoms with Crippen molar-refractivity contribution in [1.82, 2.24) is 5.32 Å². The molecule has 1 saturated heterocycles. The molecule has 0 aliphatic carbocycles. The maximum Gasteiger partial charge on any atom is 0.0442 e. The van der Waals surface area contributed by atoms with Crippen LogP contribution in [0.2, 0.25) is 0 Å². The standard InChI is InChI=1S/C4H8IN/c1-4(5)2-6-3-4/h6H,2-3H2,1H3. The summed E-state index contributed by atoms with van der Waals surface area (Å²) in [5, 5.41) is 3.19. The molecule has 0 bridgehead atoms. The number of rotatable bonds is 0. The van der Waals surface area contributed by atoms with Crippen molar-refractivity contribution in [2.45, 2.75) is 10.3 Å². The molecular formula is C4H8IN. The predicted molar refractivity (Wildman–Crippen MR) is 35.3 cm³/mol. The van der Waals surface area contributed by atoms with Gasteiger partial charge in [-0.1, -0.05) is 22.6 Å². The van der Waals surface area contributed by atoms with Crippen LogP contribution in [0.15, 0.2) is 0 Å². The minimum Gasteiger partial charge on any atom is -0.314 e. The number of nitrogens with one attached hydrogen (secondary N) is 1. The first-order valence-electron chi connectivity index (χ1n) is 2.10. The van der Waals surface area contributed by atoms with Crippen molar-refractivity contribution < 1.29 is 0 Å². The summed E-state index contributed by atoms with van der Waals surface area (Å²) in [7, 11) is 0. The summed E-state index contributed by atoms with van der Waals surface area (Å²) in [5.74, 6) is 0. The third-order valence-electron chi connectivity index (χ3n) is 0.987. The number of halogens is 1. The van der Waals surface area contributed by atoms with Crippen LogP contribution in [0.5, 0.6) is 0 Å². The highest BCUT2D eigenvalue weighted by Gasteiger charge is 2.26. The van der Waals surface area contributed by atoms with Crippen LogP contribution in [0.1, 0.15) is 6.92 Å². The molecule has 0 saturated carbocycles. The molecule has 1 heterocycles. The molecule has 0 unspecified atom stereocenters. The zero-order chi connectivity index (χ0) is 4.62. The van der Waals surface area contributed by atoms with Gasteiger partial charge in [-0.2, -0.15) is 0 Å². The molecule has 1 nitrogen and oxygen atoms in total. The van der Waals surface area contributed by atoms with Crippen LogP contribution in [0, 0.1) is 0 Å².